The number of benzene rings is 2. The molecule has 1 aromatic heterocycles. The van der Waals surface area contributed by atoms with Gasteiger partial charge in [-0.1, -0.05) is 29.8 Å². The zero-order chi connectivity index (χ0) is 28.6. The largest absolute Gasteiger partial charge is 0.369 e. The summed E-state index contributed by atoms with van der Waals surface area (Å²) in [5.74, 6) is -1.63. The minimum atomic E-state index is -4.29. The fraction of sp³-hybridized carbons (Fsp3) is 0.357. The molecule has 0 aliphatic carbocycles. The number of nitrogens with two attached hydrogens (primary N) is 1. The van der Waals surface area contributed by atoms with Gasteiger partial charge in [0.25, 0.3) is 0 Å². The van der Waals surface area contributed by atoms with E-state index < -0.39 is 40.5 Å². The third-order valence-corrected chi connectivity index (χ3v) is 9.77. The van der Waals surface area contributed by atoms with Crippen LogP contribution in [0.2, 0.25) is 5.02 Å². The van der Waals surface area contributed by atoms with Crippen LogP contribution in [0.15, 0.2) is 65.8 Å². The van der Waals surface area contributed by atoms with E-state index in [1.165, 1.54) is 17.0 Å². The van der Waals surface area contributed by atoms with Crippen molar-refractivity contribution in [3.05, 3.63) is 71.5 Å². The second-order valence-corrected chi connectivity index (χ2v) is 12.5. The van der Waals surface area contributed by atoms with Gasteiger partial charge in [0, 0.05) is 30.5 Å². The molecule has 2 fully saturated rings. The van der Waals surface area contributed by atoms with Crippen molar-refractivity contribution >= 4 is 50.1 Å². The SMILES string of the molecule is CC(C(=O)N1CCC[C@H]1c1cccnc1)N1CC[C@H](N(CC(N)=O)S(=O)(=O)c2ccc3cc(Cl)ccc3c2)C1=O. The molecule has 3 atom stereocenters. The molecule has 3 heterocycles. The van der Waals surface area contributed by atoms with E-state index in [0.29, 0.717) is 17.0 Å². The van der Waals surface area contributed by atoms with Crippen LogP contribution in [0.25, 0.3) is 10.8 Å². The van der Waals surface area contributed by atoms with Crippen molar-refractivity contribution in [1.29, 1.82) is 0 Å². The van der Waals surface area contributed by atoms with Crippen LogP contribution in [0.5, 0.6) is 0 Å². The first-order chi connectivity index (χ1) is 19.1. The minimum absolute atomic E-state index is 0.0738. The van der Waals surface area contributed by atoms with Crippen LogP contribution in [0.1, 0.15) is 37.8 Å². The molecule has 2 aliphatic heterocycles. The van der Waals surface area contributed by atoms with Crippen molar-refractivity contribution in [2.24, 2.45) is 5.73 Å². The van der Waals surface area contributed by atoms with Gasteiger partial charge in [-0.2, -0.15) is 4.31 Å². The molecule has 0 radical (unpaired) electrons. The van der Waals surface area contributed by atoms with E-state index in [-0.39, 0.29) is 29.8 Å². The molecule has 0 bridgehead atoms. The van der Waals surface area contributed by atoms with Crippen LogP contribution in [0, 0.1) is 0 Å². The third kappa shape index (κ3) is 5.28. The van der Waals surface area contributed by atoms with Crippen LogP contribution >= 0.6 is 11.6 Å². The Morgan fingerprint density at radius 3 is 2.60 bits per heavy atom. The molecule has 5 rings (SSSR count). The molecule has 0 saturated carbocycles. The summed E-state index contributed by atoms with van der Waals surface area (Å²) in [6, 6.07) is 11.2. The number of hydrogen-bond donors (Lipinski definition) is 1. The highest BCUT2D eigenvalue weighted by molar-refractivity contribution is 7.89. The summed E-state index contributed by atoms with van der Waals surface area (Å²) in [7, 11) is -4.29. The normalized spacial score (nSPS) is 20.4. The Bertz CT molecular complexity index is 1570. The average molecular weight is 584 g/mol. The second-order valence-electron chi connectivity index (χ2n) is 10.2. The van der Waals surface area contributed by atoms with Gasteiger partial charge in [-0.25, -0.2) is 8.42 Å². The van der Waals surface area contributed by atoms with Crippen LogP contribution < -0.4 is 5.73 Å². The van der Waals surface area contributed by atoms with Crippen molar-refractivity contribution in [2.45, 2.75) is 49.2 Å². The summed E-state index contributed by atoms with van der Waals surface area (Å²) < 4.78 is 28.4. The summed E-state index contributed by atoms with van der Waals surface area (Å²) in [6.45, 7) is 1.72. The molecular weight excluding hydrogens is 554 g/mol. The number of pyridine rings is 1. The third-order valence-electron chi connectivity index (χ3n) is 7.68. The van der Waals surface area contributed by atoms with E-state index in [9.17, 15) is 22.8 Å². The van der Waals surface area contributed by atoms with Gasteiger partial charge in [0.05, 0.1) is 17.5 Å². The van der Waals surface area contributed by atoms with E-state index in [1.54, 1.807) is 48.5 Å². The number of carbonyl (C=O) groups excluding carboxylic acids is 3. The topological polar surface area (TPSA) is 134 Å². The molecular formula is C28H30ClN5O5S. The maximum Gasteiger partial charge on any atom is 0.245 e. The highest BCUT2D eigenvalue weighted by Gasteiger charge is 2.46. The van der Waals surface area contributed by atoms with E-state index in [0.717, 1.165) is 28.1 Å². The minimum Gasteiger partial charge on any atom is -0.369 e. The zero-order valence-corrected chi connectivity index (χ0v) is 23.5. The molecule has 10 nitrogen and oxygen atoms in total. The van der Waals surface area contributed by atoms with E-state index in [2.05, 4.69) is 4.98 Å². The molecule has 3 aromatic rings. The van der Waals surface area contributed by atoms with Gasteiger partial charge >= 0.3 is 0 Å². The van der Waals surface area contributed by atoms with E-state index in [4.69, 9.17) is 17.3 Å². The number of nitrogens with zero attached hydrogens (tertiary/aromatic N) is 4. The predicted octanol–water partition coefficient (Wildman–Crippen LogP) is 2.72. The monoisotopic (exact) mass is 583 g/mol. The molecule has 2 aliphatic rings. The second kappa shape index (κ2) is 11.1. The van der Waals surface area contributed by atoms with Crippen molar-refractivity contribution in [1.82, 2.24) is 19.1 Å². The molecule has 40 heavy (non-hydrogen) atoms. The molecule has 1 unspecified atom stereocenters. The highest BCUT2D eigenvalue weighted by Crippen LogP contribution is 2.34. The summed E-state index contributed by atoms with van der Waals surface area (Å²) >= 11 is 6.05. The standard InChI is InChI=1S/C28H30ClN5O5S/c1-18(27(36)33-12-3-5-24(33)21-4-2-11-31-16-21)32-13-10-25(28(32)37)34(17-26(30)35)40(38,39)23-9-7-19-14-22(29)8-6-20(19)15-23/h2,4,6-9,11,14-16,18,24-25H,3,5,10,12-13,17H2,1H3,(H2,30,35)/t18?,24-,25-/m0/s1. The summed E-state index contributed by atoms with van der Waals surface area (Å²) in [4.78, 5) is 46.5. The first-order valence-corrected chi connectivity index (χ1v) is 14.9. The fourth-order valence-corrected chi connectivity index (χ4v) is 7.46. The highest BCUT2D eigenvalue weighted by atomic mass is 35.5. The van der Waals surface area contributed by atoms with Crippen molar-refractivity contribution in [3.8, 4) is 0 Å². The van der Waals surface area contributed by atoms with Crippen molar-refractivity contribution in [2.75, 3.05) is 19.6 Å². The fourth-order valence-electron chi connectivity index (χ4n) is 5.67. The number of hydrogen-bond acceptors (Lipinski definition) is 6. The zero-order valence-electron chi connectivity index (χ0n) is 21.9. The van der Waals surface area contributed by atoms with Gasteiger partial charge in [0.2, 0.25) is 27.7 Å². The Labute approximate surface area is 237 Å². The number of halogens is 1. The maximum atomic E-state index is 13.8. The van der Waals surface area contributed by atoms with Gasteiger partial charge in [0.1, 0.15) is 12.1 Å². The van der Waals surface area contributed by atoms with Crippen LogP contribution in [0.4, 0.5) is 0 Å². The Morgan fingerprint density at radius 1 is 1.12 bits per heavy atom. The van der Waals surface area contributed by atoms with Gasteiger partial charge < -0.3 is 15.5 Å². The number of carbonyl (C=O) groups is 3. The molecule has 0 spiro atoms. The Kier molecular flexibility index (Phi) is 7.80. The number of primary amides is 1. The quantitative estimate of drug-likeness (QED) is 0.433. The van der Waals surface area contributed by atoms with Gasteiger partial charge in [-0.15, -0.1) is 0 Å². The Hall–Kier alpha value is -3.54. The van der Waals surface area contributed by atoms with Gasteiger partial charge in [0.15, 0.2) is 0 Å². The molecule has 12 heteroatoms. The average Bonchev–Trinajstić information content (AvgIpc) is 3.58. The molecule has 2 saturated heterocycles. The van der Waals surface area contributed by atoms with Crippen molar-refractivity contribution in [3.63, 3.8) is 0 Å². The van der Waals surface area contributed by atoms with Gasteiger partial charge in [-0.05, 0) is 72.9 Å². The Balaban J connectivity index is 1.39. The summed E-state index contributed by atoms with van der Waals surface area (Å²) in [6.07, 6.45) is 5.17. The number of amides is 3. The molecule has 2 aromatic carbocycles. The lowest BCUT2D eigenvalue weighted by molar-refractivity contribution is -0.144. The van der Waals surface area contributed by atoms with E-state index in [1.807, 2.05) is 12.1 Å². The molecule has 210 valence electrons. The lowest BCUT2D eigenvalue weighted by atomic mass is 10.1. The first-order valence-electron chi connectivity index (χ1n) is 13.1. The predicted molar refractivity (Wildman–Crippen MR) is 150 cm³/mol. The lowest BCUT2D eigenvalue weighted by Crippen LogP contribution is -2.52. The van der Waals surface area contributed by atoms with Gasteiger partial charge in [-0.3, -0.25) is 19.4 Å². The van der Waals surface area contributed by atoms with Crippen LogP contribution in [-0.2, 0) is 24.4 Å². The van der Waals surface area contributed by atoms with Crippen LogP contribution in [-0.4, -0.2) is 76.9 Å². The summed E-state index contributed by atoms with van der Waals surface area (Å²) in [5.41, 5.74) is 6.37. The summed E-state index contributed by atoms with van der Waals surface area (Å²) in [5, 5.41) is 1.89. The van der Waals surface area contributed by atoms with Crippen LogP contribution in [0.3, 0.4) is 0 Å². The molecule has 2 N–H and O–H groups in total. The number of sulfonamides is 1. The number of fused-ring (bicyclic) bond motifs is 1. The van der Waals surface area contributed by atoms with E-state index >= 15 is 0 Å². The number of likely N-dealkylation sites (tertiary alicyclic amines) is 2. The number of aromatic nitrogens is 1. The number of rotatable bonds is 8. The Morgan fingerprint density at radius 2 is 1.88 bits per heavy atom. The lowest BCUT2D eigenvalue weighted by Gasteiger charge is -2.32. The first kappa shape index (κ1) is 28.0. The van der Waals surface area contributed by atoms with Crippen molar-refractivity contribution < 1.29 is 22.8 Å². The molecule has 3 amide bonds. The maximum absolute atomic E-state index is 13.8. The smallest absolute Gasteiger partial charge is 0.245 e.